The summed E-state index contributed by atoms with van der Waals surface area (Å²) in [6.07, 6.45) is 6.96. The van der Waals surface area contributed by atoms with Crippen LogP contribution < -0.4 is 17.7 Å². The zero-order valence-electron chi connectivity index (χ0n) is 8.28. The van der Waals surface area contributed by atoms with Crippen molar-refractivity contribution in [3.63, 3.8) is 0 Å². The Kier molecular flexibility index (Phi) is 6.87. The zero-order chi connectivity index (χ0) is 8.10. The highest BCUT2D eigenvalue weighted by Crippen LogP contribution is 2.23. The van der Waals surface area contributed by atoms with Crippen LogP contribution in [0.25, 0.3) is 0 Å². The minimum atomic E-state index is 0. The van der Waals surface area contributed by atoms with Gasteiger partial charge in [0, 0.05) is 6.04 Å². The molecule has 0 aromatic rings. The Hall–Kier alpha value is 0.250. The molecule has 1 rings (SSSR count). The molecule has 12 heavy (non-hydrogen) atoms. The van der Waals surface area contributed by atoms with Crippen molar-refractivity contribution in [1.29, 1.82) is 0 Å². The third-order valence-electron chi connectivity index (χ3n) is 2.62. The fourth-order valence-corrected chi connectivity index (χ4v) is 1.97. The molecule has 0 saturated heterocycles. The van der Waals surface area contributed by atoms with E-state index in [1.54, 1.807) is 0 Å². The van der Waals surface area contributed by atoms with Gasteiger partial charge in [-0.3, -0.25) is 0 Å². The third kappa shape index (κ3) is 4.32. The molecule has 0 heterocycles. The molecule has 0 aromatic heterocycles. The van der Waals surface area contributed by atoms with Gasteiger partial charge in [0.2, 0.25) is 0 Å². The molecule has 0 aromatic carbocycles. The van der Waals surface area contributed by atoms with Crippen molar-refractivity contribution in [1.82, 2.24) is 5.32 Å². The average molecular weight is 191 g/mol. The number of hydrogen-bond donors (Lipinski definition) is 1. The fraction of sp³-hybridized carbons (Fsp3) is 1.00. The molecule has 1 saturated carbocycles. The van der Waals surface area contributed by atoms with Gasteiger partial charge >= 0.3 is 0 Å². The first kappa shape index (κ1) is 12.2. The quantitative estimate of drug-likeness (QED) is 0.637. The topological polar surface area (TPSA) is 12.0 Å². The summed E-state index contributed by atoms with van der Waals surface area (Å²) >= 11 is 0. The van der Waals surface area contributed by atoms with Crippen LogP contribution in [-0.2, 0) is 0 Å². The predicted molar refractivity (Wildman–Crippen MR) is 49.7 cm³/mol. The molecule has 0 radical (unpaired) electrons. The summed E-state index contributed by atoms with van der Waals surface area (Å²) in [6, 6.07) is 0.832. The van der Waals surface area contributed by atoms with Crippen LogP contribution >= 0.6 is 0 Å². The second kappa shape index (κ2) is 6.73. The highest BCUT2D eigenvalue weighted by molar-refractivity contribution is 4.75. The van der Waals surface area contributed by atoms with Crippen LogP contribution in [0.15, 0.2) is 0 Å². The highest BCUT2D eigenvalue weighted by Gasteiger charge is 2.17. The molecule has 0 bridgehead atoms. The van der Waals surface area contributed by atoms with Crippen molar-refractivity contribution < 1.29 is 12.4 Å². The molecule has 2 heteroatoms. The van der Waals surface area contributed by atoms with E-state index in [4.69, 9.17) is 0 Å². The van der Waals surface area contributed by atoms with Crippen molar-refractivity contribution >= 4 is 0 Å². The number of rotatable bonds is 3. The van der Waals surface area contributed by atoms with Crippen LogP contribution in [0.3, 0.4) is 0 Å². The minimum absolute atomic E-state index is 0. The summed E-state index contributed by atoms with van der Waals surface area (Å²) in [5.41, 5.74) is 0. The maximum Gasteiger partial charge on any atom is 0.00695 e. The van der Waals surface area contributed by atoms with Crippen molar-refractivity contribution in [2.45, 2.75) is 52.0 Å². The van der Waals surface area contributed by atoms with E-state index < -0.39 is 0 Å². The van der Waals surface area contributed by atoms with E-state index in [2.05, 4.69) is 19.2 Å². The molecule has 0 amide bonds. The van der Waals surface area contributed by atoms with Gasteiger partial charge in [0.1, 0.15) is 0 Å². The Morgan fingerprint density at radius 2 is 2.08 bits per heavy atom. The Bertz CT molecular complexity index is 106. The van der Waals surface area contributed by atoms with Gasteiger partial charge in [-0.15, -0.1) is 0 Å². The van der Waals surface area contributed by atoms with Gasteiger partial charge in [0.05, 0.1) is 0 Å². The molecule has 1 fully saturated rings. The Balaban J connectivity index is 0.00000121. The van der Waals surface area contributed by atoms with Crippen molar-refractivity contribution in [2.75, 3.05) is 6.54 Å². The molecule has 2 atom stereocenters. The second-order valence-electron chi connectivity index (χ2n) is 3.92. The van der Waals surface area contributed by atoms with Crippen molar-refractivity contribution in [2.24, 2.45) is 5.92 Å². The summed E-state index contributed by atoms with van der Waals surface area (Å²) in [5.74, 6) is 0.957. The van der Waals surface area contributed by atoms with Gasteiger partial charge in [0.25, 0.3) is 0 Å². The molecule has 1 aliphatic carbocycles. The van der Waals surface area contributed by atoms with E-state index in [0.717, 1.165) is 12.0 Å². The summed E-state index contributed by atoms with van der Waals surface area (Å²) in [6.45, 7) is 5.82. The summed E-state index contributed by atoms with van der Waals surface area (Å²) in [4.78, 5) is 0. The molecule has 1 nitrogen and oxygen atoms in total. The maximum absolute atomic E-state index is 3.60. The first-order valence-electron chi connectivity index (χ1n) is 5.06. The van der Waals surface area contributed by atoms with Crippen LogP contribution in [0.4, 0.5) is 0 Å². The largest absolute Gasteiger partial charge is 1.00 e. The minimum Gasteiger partial charge on any atom is -1.00 e. The molecule has 0 spiro atoms. The van der Waals surface area contributed by atoms with E-state index in [-0.39, 0.29) is 12.4 Å². The summed E-state index contributed by atoms with van der Waals surface area (Å²) < 4.78 is 0. The van der Waals surface area contributed by atoms with Crippen LogP contribution in [0.1, 0.15) is 46.0 Å². The van der Waals surface area contributed by atoms with E-state index in [0.29, 0.717) is 0 Å². The molecule has 0 aliphatic heterocycles. The number of hydrogen-bond acceptors (Lipinski definition) is 1. The van der Waals surface area contributed by atoms with E-state index in [1.165, 1.54) is 38.6 Å². The van der Waals surface area contributed by atoms with Gasteiger partial charge in [0.15, 0.2) is 0 Å². The summed E-state index contributed by atoms with van der Waals surface area (Å²) in [7, 11) is 0. The Morgan fingerprint density at radius 1 is 1.33 bits per heavy atom. The van der Waals surface area contributed by atoms with Gasteiger partial charge in [-0.05, 0) is 31.7 Å². The Morgan fingerprint density at radius 3 is 2.67 bits per heavy atom. The lowest BCUT2D eigenvalue weighted by atomic mass is 9.87. The molecule has 1 N–H and O–H groups in total. The predicted octanol–water partition coefficient (Wildman–Crippen LogP) is -0.431. The van der Waals surface area contributed by atoms with Gasteiger partial charge < -0.3 is 17.7 Å². The lowest BCUT2D eigenvalue weighted by Crippen LogP contribution is -3.00. The molecule has 1 aliphatic rings. The normalized spacial score (nSPS) is 29.5. The molecular weight excluding hydrogens is 170 g/mol. The van der Waals surface area contributed by atoms with E-state index >= 15 is 0 Å². The van der Waals surface area contributed by atoms with E-state index in [9.17, 15) is 0 Å². The average Bonchev–Trinajstić information content (AvgIpc) is 2.01. The smallest absolute Gasteiger partial charge is 0.00695 e. The van der Waals surface area contributed by atoms with E-state index in [1.807, 2.05) is 0 Å². The van der Waals surface area contributed by atoms with Crippen LogP contribution in [0, 0.1) is 5.92 Å². The molecule has 74 valence electrons. The number of nitrogens with one attached hydrogen (secondary N) is 1. The number of halogens is 1. The lowest BCUT2D eigenvalue weighted by molar-refractivity contribution is -0.00000274. The van der Waals surface area contributed by atoms with Crippen LogP contribution in [0.5, 0.6) is 0 Å². The van der Waals surface area contributed by atoms with Crippen LogP contribution in [-0.4, -0.2) is 12.6 Å². The fourth-order valence-electron chi connectivity index (χ4n) is 1.97. The monoisotopic (exact) mass is 190 g/mol. The first-order valence-corrected chi connectivity index (χ1v) is 5.06. The molecular formula is C10H21ClN-. The SMILES string of the molecule is CCCNC1CCCC(C)C1.[Cl-]. The lowest BCUT2D eigenvalue weighted by Gasteiger charge is -2.27. The van der Waals surface area contributed by atoms with Gasteiger partial charge in [-0.2, -0.15) is 0 Å². The first-order chi connectivity index (χ1) is 5.33. The molecule has 2 unspecified atom stereocenters. The second-order valence-corrected chi connectivity index (χ2v) is 3.92. The Labute approximate surface area is 82.7 Å². The van der Waals surface area contributed by atoms with Gasteiger partial charge in [-0.25, -0.2) is 0 Å². The van der Waals surface area contributed by atoms with Crippen molar-refractivity contribution in [3.8, 4) is 0 Å². The van der Waals surface area contributed by atoms with Crippen LogP contribution in [0.2, 0.25) is 0 Å². The summed E-state index contributed by atoms with van der Waals surface area (Å²) in [5, 5.41) is 3.60. The highest BCUT2D eigenvalue weighted by atomic mass is 35.5. The standard InChI is InChI=1S/C10H21N.ClH/c1-3-7-11-10-6-4-5-9(2)8-10;/h9-11H,3-8H2,1-2H3;1H/p-1. The van der Waals surface area contributed by atoms with Gasteiger partial charge in [-0.1, -0.05) is 26.7 Å². The zero-order valence-corrected chi connectivity index (χ0v) is 9.03. The maximum atomic E-state index is 3.60. The van der Waals surface area contributed by atoms with Crippen molar-refractivity contribution in [3.05, 3.63) is 0 Å². The third-order valence-corrected chi connectivity index (χ3v) is 2.62.